The molecule has 1 aromatic heterocycles. The van der Waals surface area contributed by atoms with Crippen molar-refractivity contribution in [3.63, 3.8) is 0 Å². The van der Waals surface area contributed by atoms with Crippen LogP contribution in [0.5, 0.6) is 0 Å². The minimum absolute atomic E-state index is 0.196. The van der Waals surface area contributed by atoms with Crippen LogP contribution >= 0.6 is 0 Å². The molecule has 0 aliphatic carbocycles. The molecule has 0 saturated carbocycles. The number of nitrogen functional groups attached to an aromatic ring is 1. The zero-order chi connectivity index (χ0) is 14.0. The third-order valence-corrected chi connectivity index (χ3v) is 3.01. The molecule has 2 rings (SSSR count). The van der Waals surface area contributed by atoms with E-state index in [-0.39, 0.29) is 6.42 Å². The van der Waals surface area contributed by atoms with E-state index >= 15 is 0 Å². The van der Waals surface area contributed by atoms with Crippen LogP contribution in [0.25, 0.3) is 0 Å². The van der Waals surface area contributed by atoms with E-state index < -0.39 is 11.6 Å². The molecule has 0 aliphatic heterocycles. The maximum Gasteiger partial charge on any atom is 0.135 e. The van der Waals surface area contributed by atoms with Crippen LogP contribution < -0.4 is 5.73 Å². The molecule has 0 aliphatic rings. The Labute approximate surface area is 110 Å². The molecule has 0 spiro atoms. The van der Waals surface area contributed by atoms with Gasteiger partial charge in [-0.05, 0) is 25.0 Å². The summed E-state index contributed by atoms with van der Waals surface area (Å²) in [4.78, 5) is 8.48. The molecule has 0 fully saturated rings. The number of hydrogen-bond acceptors (Lipinski definition) is 3. The van der Waals surface area contributed by atoms with E-state index in [0.29, 0.717) is 17.2 Å². The minimum Gasteiger partial charge on any atom is -0.383 e. The van der Waals surface area contributed by atoms with E-state index in [9.17, 15) is 8.78 Å². The number of nitrogens with two attached hydrogens (primary N) is 1. The van der Waals surface area contributed by atoms with Crippen molar-refractivity contribution in [2.24, 2.45) is 0 Å². The topological polar surface area (TPSA) is 51.8 Å². The molecule has 1 aromatic carbocycles. The van der Waals surface area contributed by atoms with Gasteiger partial charge in [0.05, 0.1) is 0 Å². The third kappa shape index (κ3) is 2.86. The first-order chi connectivity index (χ1) is 9.01. The highest BCUT2D eigenvalue weighted by molar-refractivity contribution is 5.42. The predicted octanol–water partition coefficient (Wildman–Crippen LogP) is 2.80. The summed E-state index contributed by atoms with van der Waals surface area (Å²) in [6.07, 6.45) is 0.948. The number of benzene rings is 1. The van der Waals surface area contributed by atoms with Crippen molar-refractivity contribution in [3.8, 4) is 0 Å². The van der Waals surface area contributed by atoms with E-state index in [0.717, 1.165) is 23.7 Å². The van der Waals surface area contributed by atoms with Crippen molar-refractivity contribution in [1.29, 1.82) is 0 Å². The fraction of sp³-hybridized carbons (Fsp3) is 0.286. The lowest BCUT2D eigenvalue weighted by Gasteiger charge is -2.09. The normalized spacial score (nSPS) is 10.7. The molecule has 0 unspecified atom stereocenters. The summed E-state index contributed by atoms with van der Waals surface area (Å²) in [5, 5.41) is 0. The first-order valence-corrected chi connectivity index (χ1v) is 6.07. The van der Waals surface area contributed by atoms with E-state index in [1.165, 1.54) is 12.1 Å². The molecule has 0 atom stereocenters. The maximum atomic E-state index is 13.6. The van der Waals surface area contributed by atoms with Gasteiger partial charge in [-0.2, -0.15) is 0 Å². The lowest BCUT2D eigenvalue weighted by molar-refractivity contribution is 0.573. The Kier molecular flexibility index (Phi) is 3.74. The van der Waals surface area contributed by atoms with Gasteiger partial charge < -0.3 is 5.73 Å². The van der Waals surface area contributed by atoms with Gasteiger partial charge in [0.2, 0.25) is 0 Å². The number of aryl methyl sites for hydroxylation is 1. The molecule has 0 radical (unpaired) electrons. The predicted molar refractivity (Wildman–Crippen MR) is 69.7 cm³/mol. The van der Waals surface area contributed by atoms with Gasteiger partial charge in [-0.25, -0.2) is 18.7 Å². The van der Waals surface area contributed by atoms with Crippen molar-refractivity contribution in [2.75, 3.05) is 5.73 Å². The van der Waals surface area contributed by atoms with Crippen LogP contribution in [0, 0.1) is 18.6 Å². The summed E-state index contributed by atoms with van der Waals surface area (Å²) < 4.78 is 26.4. The number of nitrogens with zero attached hydrogens (tertiary/aromatic N) is 2. The number of hydrogen-bond donors (Lipinski definition) is 1. The lowest BCUT2D eigenvalue weighted by Crippen LogP contribution is -2.08. The third-order valence-electron chi connectivity index (χ3n) is 3.01. The Bertz CT molecular complexity index is 589. The number of anilines is 1. The number of halogens is 2. The fourth-order valence-electron chi connectivity index (χ4n) is 2.03. The Morgan fingerprint density at radius 3 is 2.53 bits per heavy atom. The SMILES string of the molecule is CCc1c(C)nc(Cc2ccc(F)cc2F)nc1N. The highest BCUT2D eigenvalue weighted by atomic mass is 19.1. The smallest absolute Gasteiger partial charge is 0.135 e. The molecule has 3 nitrogen and oxygen atoms in total. The molecule has 100 valence electrons. The molecule has 1 heterocycles. The average molecular weight is 263 g/mol. The lowest BCUT2D eigenvalue weighted by atomic mass is 10.1. The van der Waals surface area contributed by atoms with Crippen molar-refractivity contribution in [3.05, 3.63) is 52.5 Å². The second-order valence-corrected chi connectivity index (χ2v) is 4.36. The van der Waals surface area contributed by atoms with E-state index in [1.54, 1.807) is 0 Å². The van der Waals surface area contributed by atoms with Crippen molar-refractivity contribution >= 4 is 5.82 Å². The molecule has 5 heteroatoms. The summed E-state index contributed by atoms with van der Waals surface area (Å²) >= 11 is 0. The summed E-state index contributed by atoms with van der Waals surface area (Å²) in [6, 6.07) is 3.47. The van der Waals surface area contributed by atoms with Gasteiger partial charge in [0.25, 0.3) is 0 Å². The van der Waals surface area contributed by atoms with Gasteiger partial charge in [-0.15, -0.1) is 0 Å². The highest BCUT2D eigenvalue weighted by Crippen LogP contribution is 2.17. The van der Waals surface area contributed by atoms with Crippen LogP contribution in [0.15, 0.2) is 18.2 Å². The van der Waals surface area contributed by atoms with Crippen molar-refractivity contribution in [2.45, 2.75) is 26.7 Å². The first-order valence-electron chi connectivity index (χ1n) is 6.07. The molecular formula is C14H15F2N3. The molecular weight excluding hydrogens is 248 g/mol. The summed E-state index contributed by atoms with van der Waals surface area (Å²) in [6.45, 7) is 3.82. The Hall–Kier alpha value is -2.04. The van der Waals surface area contributed by atoms with Crippen LogP contribution in [0.4, 0.5) is 14.6 Å². The van der Waals surface area contributed by atoms with Gasteiger partial charge in [-0.3, -0.25) is 0 Å². The van der Waals surface area contributed by atoms with E-state index in [2.05, 4.69) is 9.97 Å². The van der Waals surface area contributed by atoms with Crippen LogP contribution in [-0.4, -0.2) is 9.97 Å². The summed E-state index contributed by atoms with van der Waals surface area (Å²) in [5.74, 6) is -0.330. The monoisotopic (exact) mass is 263 g/mol. The molecule has 19 heavy (non-hydrogen) atoms. The largest absolute Gasteiger partial charge is 0.383 e. The van der Waals surface area contributed by atoms with Gasteiger partial charge in [-0.1, -0.05) is 13.0 Å². The van der Waals surface area contributed by atoms with Crippen LogP contribution in [0.3, 0.4) is 0 Å². The Morgan fingerprint density at radius 2 is 1.95 bits per heavy atom. The molecule has 0 saturated heterocycles. The van der Waals surface area contributed by atoms with Crippen LogP contribution in [0.2, 0.25) is 0 Å². The zero-order valence-electron chi connectivity index (χ0n) is 10.9. The quantitative estimate of drug-likeness (QED) is 0.926. The number of rotatable bonds is 3. The van der Waals surface area contributed by atoms with Crippen LogP contribution in [0.1, 0.15) is 29.6 Å². The second-order valence-electron chi connectivity index (χ2n) is 4.36. The fourth-order valence-corrected chi connectivity index (χ4v) is 2.03. The van der Waals surface area contributed by atoms with Gasteiger partial charge in [0, 0.05) is 23.7 Å². The molecule has 0 amide bonds. The van der Waals surface area contributed by atoms with Gasteiger partial charge >= 0.3 is 0 Å². The Balaban J connectivity index is 2.33. The van der Waals surface area contributed by atoms with Crippen molar-refractivity contribution in [1.82, 2.24) is 9.97 Å². The average Bonchev–Trinajstić information content (AvgIpc) is 2.32. The second kappa shape index (κ2) is 5.30. The molecule has 2 N–H and O–H groups in total. The van der Waals surface area contributed by atoms with Crippen molar-refractivity contribution < 1.29 is 8.78 Å². The highest BCUT2D eigenvalue weighted by Gasteiger charge is 2.10. The minimum atomic E-state index is -0.598. The Morgan fingerprint density at radius 1 is 1.21 bits per heavy atom. The van der Waals surface area contributed by atoms with Crippen LogP contribution in [-0.2, 0) is 12.8 Å². The van der Waals surface area contributed by atoms with E-state index in [4.69, 9.17) is 5.73 Å². The summed E-state index contributed by atoms with van der Waals surface area (Å²) in [7, 11) is 0. The van der Waals surface area contributed by atoms with Gasteiger partial charge in [0.1, 0.15) is 23.3 Å². The first kappa shape index (κ1) is 13.4. The molecule has 0 bridgehead atoms. The zero-order valence-corrected chi connectivity index (χ0v) is 10.9. The summed E-state index contributed by atoms with van der Waals surface area (Å²) in [5.41, 5.74) is 7.90. The maximum absolute atomic E-state index is 13.6. The van der Waals surface area contributed by atoms with Gasteiger partial charge in [0.15, 0.2) is 0 Å². The van der Waals surface area contributed by atoms with E-state index in [1.807, 2.05) is 13.8 Å². The number of aromatic nitrogens is 2. The molecule has 2 aromatic rings. The standard InChI is InChI=1S/C14H15F2N3/c1-3-11-8(2)18-13(19-14(11)17)6-9-4-5-10(15)7-12(9)16/h4-5,7H,3,6H2,1-2H3,(H2,17,18,19).